The molecule has 1 unspecified atom stereocenters. The molecule has 0 aromatic heterocycles. The maximum atomic E-state index is 12.3. The van der Waals surface area contributed by atoms with Gasteiger partial charge in [0.15, 0.2) is 0 Å². The van der Waals surface area contributed by atoms with Crippen molar-refractivity contribution >= 4 is 17.6 Å². The Morgan fingerprint density at radius 1 is 1.23 bits per heavy atom. The van der Waals surface area contributed by atoms with Gasteiger partial charge in [-0.2, -0.15) is 0 Å². The van der Waals surface area contributed by atoms with E-state index in [0.29, 0.717) is 12.1 Å². The highest BCUT2D eigenvalue weighted by atomic mass is 16.5. The average Bonchev–Trinajstić information content (AvgIpc) is 2.54. The number of aromatic carboxylic acids is 1. The van der Waals surface area contributed by atoms with Gasteiger partial charge in [0.25, 0.3) is 5.91 Å². The number of anilines is 1. The minimum Gasteiger partial charge on any atom is -0.478 e. The summed E-state index contributed by atoms with van der Waals surface area (Å²) in [6.07, 6.45) is 5.97. The number of hydrogen-bond donors (Lipinski definition) is 2. The largest absolute Gasteiger partial charge is 0.478 e. The maximum absolute atomic E-state index is 12.3. The highest BCUT2D eigenvalue weighted by Gasteiger charge is 2.23. The first kappa shape index (κ1) is 16.5. The van der Waals surface area contributed by atoms with E-state index in [0.717, 1.165) is 12.8 Å². The zero-order chi connectivity index (χ0) is 15.9. The summed E-state index contributed by atoms with van der Waals surface area (Å²) < 4.78 is 5.93. The molecule has 0 aliphatic heterocycles. The van der Waals surface area contributed by atoms with Crippen molar-refractivity contribution in [1.29, 1.82) is 0 Å². The van der Waals surface area contributed by atoms with E-state index in [1.54, 1.807) is 12.1 Å². The lowest BCUT2D eigenvalue weighted by Crippen LogP contribution is -2.34. The molecule has 1 amide bonds. The van der Waals surface area contributed by atoms with Gasteiger partial charge in [0.2, 0.25) is 0 Å². The SMILES string of the molecule is CCC(OC1CCCCC1)C(=O)Nc1ccc(C(=O)O)cc1. The molecule has 0 spiro atoms. The van der Waals surface area contributed by atoms with Gasteiger partial charge in [0.05, 0.1) is 11.7 Å². The number of rotatable bonds is 6. The third-order valence-electron chi connectivity index (χ3n) is 3.97. The van der Waals surface area contributed by atoms with Crippen LogP contribution in [0, 0.1) is 0 Å². The first-order valence-corrected chi connectivity index (χ1v) is 7.90. The van der Waals surface area contributed by atoms with Gasteiger partial charge in [-0.3, -0.25) is 4.79 Å². The number of carboxylic acid groups (broad SMARTS) is 1. The summed E-state index contributed by atoms with van der Waals surface area (Å²) in [5, 5.41) is 11.7. The van der Waals surface area contributed by atoms with Crippen molar-refractivity contribution in [2.75, 3.05) is 5.32 Å². The highest BCUT2D eigenvalue weighted by Crippen LogP contribution is 2.22. The Kier molecular flexibility index (Phi) is 5.95. The van der Waals surface area contributed by atoms with Crippen molar-refractivity contribution in [1.82, 2.24) is 0 Å². The van der Waals surface area contributed by atoms with Crippen LogP contribution in [0.5, 0.6) is 0 Å². The van der Waals surface area contributed by atoms with Crippen molar-refractivity contribution in [3.05, 3.63) is 29.8 Å². The Morgan fingerprint density at radius 3 is 2.41 bits per heavy atom. The van der Waals surface area contributed by atoms with Crippen LogP contribution in [0.1, 0.15) is 55.8 Å². The number of carboxylic acids is 1. The van der Waals surface area contributed by atoms with E-state index in [2.05, 4.69) is 5.32 Å². The number of ether oxygens (including phenoxy) is 1. The van der Waals surface area contributed by atoms with E-state index in [1.807, 2.05) is 6.92 Å². The number of nitrogens with one attached hydrogen (secondary N) is 1. The summed E-state index contributed by atoms with van der Waals surface area (Å²) in [4.78, 5) is 23.1. The predicted octanol–water partition coefficient (Wildman–Crippen LogP) is 3.45. The standard InChI is InChI=1S/C17H23NO4/c1-2-15(22-14-6-4-3-5-7-14)16(19)18-13-10-8-12(9-11-13)17(20)21/h8-11,14-15H,2-7H2,1H3,(H,18,19)(H,20,21). The fourth-order valence-corrected chi connectivity index (χ4v) is 2.70. The van der Waals surface area contributed by atoms with Crippen LogP contribution in [0.15, 0.2) is 24.3 Å². The maximum Gasteiger partial charge on any atom is 0.335 e. The van der Waals surface area contributed by atoms with Crippen LogP contribution in [0.4, 0.5) is 5.69 Å². The number of carbonyl (C=O) groups excluding carboxylic acids is 1. The van der Waals surface area contributed by atoms with E-state index in [4.69, 9.17) is 9.84 Å². The van der Waals surface area contributed by atoms with Gasteiger partial charge in [-0.05, 0) is 43.5 Å². The van der Waals surface area contributed by atoms with Gasteiger partial charge in [0.1, 0.15) is 6.10 Å². The summed E-state index contributed by atoms with van der Waals surface area (Å²) in [6.45, 7) is 1.93. The molecule has 5 heteroatoms. The smallest absolute Gasteiger partial charge is 0.335 e. The fraction of sp³-hybridized carbons (Fsp3) is 0.529. The molecule has 2 N–H and O–H groups in total. The third-order valence-corrected chi connectivity index (χ3v) is 3.97. The first-order valence-electron chi connectivity index (χ1n) is 7.90. The third kappa shape index (κ3) is 4.56. The van der Waals surface area contributed by atoms with E-state index in [1.165, 1.54) is 31.4 Å². The Balaban J connectivity index is 1.91. The van der Waals surface area contributed by atoms with Crippen LogP contribution >= 0.6 is 0 Å². The van der Waals surface area contributed by atoms with Gasteiger partial charge < -0.3 is 15.2 Å². The molecule has 1 aliphatic carbocycles. The van der Waals surface area contributed by atoms with Crippen molar-refractivity contribution in [3.8, 4) is 0 Å². The molecule has 1 saturated carbocycles. The van der Waals surface area contributed by atoms with E-state index in [9.17, 15) is 9.59 Å². The molecule has 0 saturated heterocycles. The summed E-state index contributed by atoms with van der Waals surface area (Å²) in [5.74, 6) is -1.15. The average molecular weight is 305 g/mol. The summed E-state index contributed by atoms with van der Waals surface area (Å²) in [5.41, 5.74) is 0.782. The molecule has 1 fully saturated rings. The second-order valence-corrected chi connectivity index (χ2v) is 5.66. The Bertz CT molecular complexity index is 506. The molecular weight excluding hydrogens is 282 g/mol. The van der Waals surface area contributed by atoms with E-state index >= 15 is 0 Å². The molecule has 1 aromatic rings. The Labute approximate surface area is 130 Å². The van der Waals surface area contributed by atoms with Crippen LogP contribution in [0.2, 0.25) is 0 Å². The monoisotopic (exact) mass is 305 g/mol. The molecule has 2 rings (SSSR count). The van der Waals surface area contributed by atoms with Gasteiger partial charge >= 0.3 is 5.97 Å². The van der Waals surface area contributed by atoms with Gasteiger partial charge in [0, 0.05) is 5.69 Å². The topological polar surface area (TPSA) is 75.6 Å². The minimum absolute atomic E-state index is 0.170. The fourth-order valence-electron chi connectivity index (χ4n) is 2.70. The lowest BCUT2D eigenvalue weighted by molar-refractivity contribution is -0.132. The number of carbonyl (C=O) groups is 2. The summed E-state index contributed by atoms with van der Waals surface area (Å²) in [6, 6.07) is 6.13. The molecule has 5 nitrogen and oxygen atoms in total. The Hall–Kier alpha value is -1.88. The molecule has 1 aliphatic rings. The van der Waals surface area contributed by atoms with Crippen LogP contribution in [0.3, 0.4) is 0 Å². The van der Waals surface area contributed by atoms with Crippen molar-refractivity contribution in [2.24, 2.45) is 0 Å². The van der Waals surface area contributed by atoms with Crippen LogP contribution in [-0.4, -0.2) is 29.2 Å². The highest BCUT2D eigenvalue weighted by molar-refractivity contribution is 5.95. The second kappa shape index (κ2) is 7.94. The van der Waals surface area contributed by atoms with E-state index in [-0.39, 0.29) is 17.6 Å². The first-order chi connectivity index (χ1) is 10.6. The van der Waals surface area contributed by atoms with Gasteiger partial charge in [-0.15, -0.1) is 0 Å². The lowest BCUT2D eigenvalue weighted by Gasteiger charge is -2.26. The lowest BCUT2D eigenvalue weighted by atomic mass is 9.97. The minimum atomic E-state index is -0.982. The van der Waals surface area contributed by atoms with Crippen molar-refractivity contribution in [3.63, 3.8) is 0 Å². The zero-order valence-electron chi connectivity index (χ0n) is 12.9. The van der Waals surface area contributed by atoms with E-state index < -0.39 is 12.1 Å². The summed E-state index contributed by atoms with van der Waals surface area (Å²) in [7, 11) is 0. The Morgan fingerprint density at radius 2 is 1.86 bits per heavy atom. The predicted molar refractivity (Wildman–Crippen MR) is 84.1 cm³/mol. The molecule has 0 radical (unpaired) electrons. The number of hydrogen-bond acceptors (Lipinski definition) is 3. The molecule has 0 bridgehead atoms. The van der Waals surface area contributed by atoms with Crippen LogP contribution in [-0.2, 0) is 9.53 Å². The molecule has 1 atom stereocenters. The van der Waals surface area contributed by atoms with Crippen molar-refractivity contribution < 1.29 is 19.4 Å². The molecule has 1 aromatic carbocycles. The molecule has 120 valence electrons. The zero-order valence-corrected chi connectivity index (χ0v) is 12.9. The summed E-state index contributed by atoms with van der Waals surface area (Å²) >= 11 is 0. The van der Waals surface area contributed by atoms with Crippen molar-refractivity contribution in [2.45, 2.75) is 57.7 Å². The molecular formula is C17H23NO4. The number of benzene rings is 1. The molecule has 22 heavy (non-hydrogen) atoms. The van der Waals surface area contributed by atoms with Crippen LogP contribution in [0.25, 0.3) is 0 Å². The molecule has 0 heterocycles. The number of amides is 1. The normalized spacial score (nSPS) is 17.0. The van der Waals surface area contributed by atoms with Crippen LogP contribution < -0.4 is 5.32 Å². The quantitative estimate of drug-likeness (QED) is 0.844. The van der Waals surface area contributed by atoms with Gasteiger partial charge in [-0.25, -0.2) is 4.79 Å². The van der Waals surface area contributed by atoms with Gasteiger partial charge in [-0.1, -0.05) is 26.2 Å². The second-order valence-electron chi connectivity index (χ2n) is 5.66.